The van der Waals surface area contributed by atoms with E-state index in [-0.39, 0.29) is 0 Å². The first-order chi connectivity index (χ1) is 8.11. The molecule has 1 unspecified atom stereocenters. The van der Waals surface area contributed by atoms with E-state index in [0.29, 0.717) is 5.52 Å². The van der Waals surface area contributed by atoms with Gasteiger partial charge in [-0.2, -0.15) is 0 Å². The minimum absolute atomic E-state index is 0.609. The lowest BCUT2D eigenvalue weighted by atomic mass is 10.2. The highest BCUT2D eigenvalue weighted by molar-refractivity contribution is 5.90. The van der Waals surface area contributed by atoms with Crippen LogP contribution in [0.3, 0.4) is 0 Å². The Kier molecular flexibility index (Phi) is 2.91. The highest BCUT2D eigenvalue weighted by atomic mass is 16.4. The van der Waals surface area contributed by atoms with Gasteiger partial charge in [-0.1, -0.05) is 0 Å². The fraction of sp³-hybridized carbons (Fsp3) is 0.250. The lowest BCUT2D eigenvalue weighted by molar-refractivity contribution is -0.138. The van der Waals surface area contributed by atoms with Crippen LogP contribution in [0.15, 0.2) is 30.6 Å². The SMILES string of the molecule is CC(C(=O)O)N(C)c1ccnc2cccnc12. The zero-order chi connectivity index (χ0) is 12.4. The van der Waals surface area contributed by atoms with Gasteiger partial charge in [-0.15, -0.1) is 0 Å². The molecule has 0 amide bonds. The highest BCUT2D eigenvalue weighted by Crippen LogP contribution is 2.23. The highest BCUT2D eigenvalue weighted by Gasteiger charge is 2.19. The van der Waals surface area contributed by atoms with Crippen molar-refractivity contribution in [2.75, 3.05) is 11.9 Å². The van der Waals surface area contributed by atoms with Gasteiger partial charge in [-0.25, -0.2) is 4.79 Å². The standard InChI is InChI=1S/C12H13N3O2/c1-8(12(16)17)15(2)10-5-7-13-9-4-3-6-14-11(9)10/h3-8H,1-2H3,(H,16,17). The molecule has 1 N–H and O–H groups in total. The number of fused-ring (bicyclic) bond motifs is 1. The maximum atomic E-state index is 11.0. The van der Waals surface area contributed by atoms with Crippen molar-refractivity contribution in [3.8, 4) is 0 Å². The van der Waals surface area contributed by atoms with Crippen molar-refractivity contribution in [1.82, 2.24) is 9.97 Å². The first kappa shape index (κ1) is 11.3. The molecule has 5 heteroatoms. The third kappa shape index (κ3) is 2.04. The van der Waals surface area contributed by atoms with E-state index in [9.17, 15) is 4.79 Å². The Hall–Kier alpha value is -2.17. The predicted octanol–water partition coefficient (Wildman–Crippen LogP) is 1.54. The molecule has 88 valence electrons. The normalized spacial score (nSPS) is 12.4. The number of carbonyl (C=O) groups is 1. The molecule has 0 aliphatic rings. The summed E-state index contributed by atoms with van der Waals surface area (Å²) in [6.07, 6.45) is 3.33. The summed E-state index contributed by atoms with van der Waals surface area (Å²) in [5, 5.41) is 9.01. The minimum Gasteiger partial charge on any atom is -0.480 e. The average molecular weight is 231 g/mol. The van der Waals surface area contributed by atoms with E-state index in [2.05, 4.69) is 9.97 Å². The van der Waals surface area contributed by atoms with Crippen LogP contribution in [-0.4, -0.2) is 34.1 Å². The molecule has 2 aromatic rings. The Morgan fingerprint density at radius 1 is 1.35 bits per heavy atom. The summed E-state index contributed by atoms with van der Waals surface area (Å²) in [7, 11) is 1.74. The van der Waals surface area contributed by atoms with Crippen molar-refractivity contribution >= 4 is 22.7 Å². The van der Waals surface area contributed by atoms with E-state index in [1.54, 1.807) is 43.4 Å². The first-order valence-electron chi connectivity index (χ1n) is 5.26. The molecule has 5 nitrogen and oxygen atoms in total. The lowest BCUT2D eigenvalue weighted by Crippen LogP contribution is -2.35. The van der Waals surface area contributed by atoms with Crippen LogP contribution in [0.1, 0.15) is 6.92 Å². The van der Waals surface area contributed by atoms with Gasteiger partial charge >= 0.3 is 5.97 Å². The number of hydrogen-bond donors (Lipinski definition) is 1. The maximum Gasteiger partial charge on any atom is 0.326 e. The van der Waals surface area contributed by atoms with E-state index >= 15 is 0 Å². The van der Waals surface area contributed by atoms with Crippen molar-refractivity contribution in [3.05, 3.63) is 30.6 Å². The lowest BCUT2D eigenvalue weighted by Gasteiger charge is -2.24. The number of aromatic nitrogens is 2. The number of nitrogens with zero attached hydrogens (tertiary/aromatic N) is 3. The smallest absolute Gasteiger partial charge is 0.326 e. The van der Waals surface area contributed by atoms with Gasteiger partial charge in [0.2, 0.25) is 0 Å². The average Bonchev–Trinajstić information content (AvgIpc) is 2.36. The van der Waals surface area contributed by atoms with Crippen LogP contribution >= 0.6 is 0 Å². The zero-order valence-electron chi connectivity index (χ0n) is 9.66. The molecule has 0 aliphatic carbocycles. The van der Waals surface area contributed by atoms with Crippen LogP contribution in [0.2, 0.25) is 0 Å². The second-order valence-corrected chi connectivity index (χ2v) is 3.83. The van der Waals surface area contributed by atoms with Crippen molar-refractivity contribution in [2.45, 2.75) is 13.0 Å². The van der Waals surface area contributed by atoms with Crippen molar-refractivity contribution in [3.63, 3.8) is 0 Å². The third-order valence-electron chi connectivity index (χ3n) is 2.79. The summed E-state index contributed by atoms with van der Waals surface area (Å²) in [5.41, 5.74) is 2.24. The van der Waals surface area contributed by atoms with Gasteiger partial charge in [0.05, 0.1) is 11.2 Å². The molecule has 0 aliphatic heterocycles. The molecule has 0 radical (unpaired) electrons. The molecule has 1 atom stereocenters. The molecule has 2 heterocycles. The summed E-state index contributed by atoms with van der Waals surface area (Å²) in [6, 6.07) is 4.82. The molecule has 0 aromatic carbocycles. The number of anilines is 1. The Morgan fingerprint density at radius 3 is 2.82 bits per heavy atom. The molecule has 2 aromatic heterocycles. The number of hydrogen-bond acceptors (Lipinski definition) is 4. The molecule has 0 saturated heterocycles. The number of pyridine rings is 2. The van der Waals surface area contributed by atoms with Crippen LogP contribution < -0.4 is 4.90 Å². The number of carboxylic acid groups (broad SMARTS) is 1. The van der Waals surface area contributed by atoms with Crippen LogP contribution in [0, 0.1) is 0 Å². The third-order valence-corrected chi connectivity index (χ3v) is 2.79. The molecule has 2 rings (SSSR count). The summed E-state index contributed by atoms with van der Waals surface area (Å²) in [4.78, 5) is 21.1. The molecule has 17 heavy (non-hydrogen) atoms. The number of rotatable bonds is 3. The fourth-order valence-corrected chi connectivity index (χ4v) is 1.62. The molecule has 0 fully saturated rings. The summed E-state index contributed by atoms with van der Waals surface area (Å²) < 4.78 is 0. The van der Waals surface area contributed by atoms with Crippen molar-refractivity contribution in [1.29, 1.82) is 0 Å². The minimum atomic E-state index is -0.867. The van der Waals surface area contributed by atoms with E-state index in [4.69, 9.17) is 5.11 Å². The monoisotopic (exact) mass is 231 g/mol. The van der Waals surface area contributed by atoms with Crippen LogP contribution in [0.4, 0.5) is 5.69 Å². The Morgan fingerprint density at radius 2 is 2.12 bits per heavy atom. The van der Waals surface area contributed by atoms with Gasteiger partial charge in [-0.3, -0.25) is 9.97 Å². The Balaban J connectivity index is 2.52. The molecular weight excluding hydrogens is 218 g/mol. The van der Waals surface area contributed by atoms with E-state index < -0.39 is 12.0 Å². The summed E-state index contributed by atoms with van der Waals surface area (Å²) >= 11 is 0. The number of likely N-dealkylation sites (N-methyl/N-ethyl adjacent to an activating group) is 1. The Labute approximate surface area is 98.7 Å². The molecule has 0 spiro atoms. The molecule has 0 saturated carbocycles. The van der Waals surface area contributed by atoms with Gasteiger partial charge in [0.25, 0.3) is 0 Å². The number of aliphatic carboxylic acids is 1. The summed E-state index contributed by atoms with van der Waals surface area (Å²) in [5.74, 6) is -0.867. The van der Waals surface area contributed by atoms with Gasteiger partial charge in [0, 0.05) is 19.4 Å². The second kappa shape index (κ2) is 4.37. The molecular formula is C12H13N3O2. The van der Waals surface area contributed by atoms with Gasteiger partial charge in [0.1, 0.15) is 11.6 Å². The largest absolute Gasteiger partial charge is 0.480 e. The van der Waals surface area contributed by atoms with E-state index in [0.717, 1.165) is 11.2 Å². The molecule has 0 bridgehead atoms. The van der Waals surface area contributed by atoms with Gasteiger partial charge < -0.3 is 10.0 Å². The van der Waals surface area contributed by atoms with E-state index in [1.807, 2.05) is 6.07 Å². The first-order valence-corrected chi connectivity index (χ1v) is 5.26. The van der Waals surface area contributed by atoms with Gasteiger partial charge in [0.15, 0.2) is 0 Å². The zero-order valence-corrected chi connectivity index (χ0v) is 9.66. The number of carboxylic acids is 1. The van der Waals surface area contributed by atoms with E-state index in [1.165, 1.54) is 0 Å². The predicted molar refractivity (Wildman–Crippen MR) is 65.0 cm³/mol. The van der Waals surface area contributed by atoms with Crippen molar-refractivity contribution < 1.29 is 9.90 Å². The van der Waals surface area contributed by atoms with Crippen molar-refractivity contribution in [2.24, 2.45) is 0 Å². The quantitative estimate of drug-likeness (QED) is 0.867. The van der Waals surface area contributed by atoms with Crippen LogP contribution in [0.25, 0.3) is 11.0 Å². The van der Waals surface area contributed by atoms with Crippen LogP contribution in [0.5, 0.6) is 0 Å². The van der Waals surface area contributed by atoms with Crippen LogP contribution in [-0.2, 0) is 4.79 Å². The fourth-order valence-electron chi connectivity index (χ4n) is 1.62. The second-order valence-electron chi connectivity index (χ2n) is 3.83. The van der Waals surface area contributed by atoms with Gasteiger partial charge in [-0.05, 0) is 25.1 Å². The Bertz CT molecular complexity index is 551. The summed E-state index contributed by atoms with van der Waals surface area (Å²) in [6.45, 7) is 1.64. The maximum absolute atomic E-state index is 11.0. The topological polar surface area (TPSA) is 66.3 Å².